The van der Waals surface area contributed by atoms with Gasteiger partial charge in [-0.1, -0.05) is 50.8 Å². The maximum atomic E-state index is 15.0. The van der Waals surface area contributed by atoms with Crippen molar-refractivity contribution in [2.45, 2.75) is 64.7 Å². The molecule has 0 amide bonds. The average Bonchev–Trinajstić information content (AvgIpc) is 3.10. The van der Waals surface area contributed by atoms with Gasteiger partial charge in [0.15, 0.2) is 23.3 Å². The second kappa shape index (κ2) is 8.56. The molecule has 1 fully saturated rings. The first-order valence-electron chi connectivity index (χ1n) is 11.0. The first-order chi connectivity index (χ1) is 14.4. The fourth-order valence-electron chi connectivity index (χ4n) is 5.10. The number of hydrogen-bond acceptors (Lipinski definition) is 0. The molecule has 0 unspecified atom stereocenters. The fourth-order valence-corrected chi connectivity index (χ4v) is 5.10. The molecule has 2 aliphatic rings. The van der Waals surface area contributed by atoms with Crippen LogP contribution in [-0.2, 0) is 19.3 Å². The molecule has 160 valence electrons. The standard InChI is InChI=1S/C26H28F4/c1-3-4-5-17-12-19-14-20-13-18(11-10-16-8-6-15(2)7-9-16)24(28)26(30)22(20)21(19)25(29)23(17)27/h3,12-13,15-16H,1,4-11,14H2,2H3. The summed E-state index contributed by atoms with van der Waals surface area (Å²) in [7, 11) is 0. The Labute approximate surface area is 176 Å². The Balaban J connectivity index is 1.62. The molecular weight excluding hydrogens is 388 g/mol. The van der Waals surface area contributed by atoms with Crippen LogP contribution < -0.4 is 0 Å². The second-order valence-corrected chi connectivity index (χ2v) is 9.06. The zero-order chi connectivity index (χ0) is 21.4. The first kappa shape index (κ1) is 21.1. The van der Waals surface area contributed by atoms with Crippen molar-refractivity contribution in [1.29, 1.82) is 0 Å². The van der Waals surface area contributed by atoms with E-state index in [9.17, 15) is 17.6 Å². The molecule has 0 atom stereocenters. The highest BCUT2D eigenvalue weighted by Crippen LogP contribution is 2.44. The summed E-state index contributed by atoms with van der Waals surface area (Å²) in [6, 6.07) is 3.26. The Morgan fingerprint density at radius 1 is 0.833 bits per heavy atom. The van der Waals surface area contributed by atoms with E-state index in [2.05, 4.69) is 13.5 Å². The van der Waals surface area contributed by atoms with Gasteiger partial charge in [0, 0.05) is 11.1 Å². The Bertz CT molecular complexity index is 968. The lowest BCUT2D eigenvalue weighted by atomic mass is 9.80. The number of halogens is 4. The summed E-state index contributed by atoms with van der Waals surface area (Å²) in [6.45, 7) is 5.87. The molecule has 0 aromatic heterocycles. The zero-order valence-electron chi connectivity index (χ0n) is 17.5. The minimum Gasteiger partial charge on any atom is -0.203 e. The van der Waals surface area contributed by atoms with E-state index in [1.165, 1.54) is 12.8 Å². The van der Waals surface area contributed by atoms with Crippen LogP contribution in [0.3, 0.4) is 0 Å². The third-order valence-electron chi connectivity index (χ3n) is 6.93. The van der Waals surface area contributed by atoms with E-state index >= 15 is 0 Å². The third kappa shape index (κ3) is 3.81. The van der Waals surface area contributed by atoms with E-state index in [1.54, 1.807) is 18.2 Å². The van der Waals surface area contributed by atoms with Gasteiger partial charge in [-0.15, -0.1) is 6.58 Å². The minimum absolute atomic E-state index is 0.107. The maximum Gasteiger partial charge on any atom is 0.167 e. The molecule has 0 saturated heterocycles. The number of fused-ring (bicyclic) bond motifs is 3. The van der Waals surface area contributed by atoms with Crippen molar-refractivity contribution >= 4 is 0 Å². The normalized spacial score (nSPS) is 20.2. The fraction of sp³-hybridized carbons (Fsp3) is 0.462. The van der Waals surface area contributed by atoms with Gasteiger partial charge >= 0.3 is 0 Å². The molecule has 4 heteroatoms. The molecule has 0 nitrogen and oxygen atoms in total. The van der Waals surface area contributed by atoms with Gasteiger partial charge in [-0.2, -0.15) is 0 Å². The molecule has 4 rings (SSSR count). The van der Waals surface area contributed by atoms with Crippen molar-refractivity contribution in [3.8, 4) is 11.1 Å². The van der Waals surface area contributed by atoms with E-state index in [-0.39, 0.29) is 16.7 Å². The monoisotopic (exact) mass is 416 g/mol. The molecule has 1 saturated carbocycles. The van der Waals surface area contributed by atoms with Crippen LogP contribution in [0.15, 0.2) is 24.8 Å². The van der Waals surface area contributed by atoms with Gasteiger partial charge in [-0.05, 0) is 66.2 Å². The Hall–Kier alpha value is -2.10. The molecule has 2 aromatic carbocycles. The lowest BCUT2D eigenvalue weighted by Gasteiger charge is -2.26. The zero-order valence-corrected chi connectivity index (χ0v) is 17.5. The van der Waals surface area contributed by atoms with Gasteiger partial charge in [-0.25, -0.2) is 17.6 Å². The van der Waals surface area contributed by atoms with E-state index in [0.717, 1.165) is 25.2 Å². The first-order valence-corrected chi connectivity index (χ1v) is 11.0. The Morgan fingerprint density at radius 2 is 1.37 bits per heavy atom. The molecular formula is C26H28F4. The minimum atomic E-state index is -1.08. The van der Waals surface area contributed by atoms with E-state index in [1.807, 2.05) is 0 Å². The van der Waals surface area contributed by atoms with Crippen LogP contribution in [0.4, 0.5) is 17.6 Å². The Kier molecular flexibility index (Phi) is 6.04. The summed E-state index contributed by atoms with van der Waals surface area (Å²) in [6.07, 6.45) is 8.78. The third-order valence-corrected chi connectivity index (χ3v) is 6.93. The van der Waals surface area contributed by atoms with Gasteiger partial charge in [0.2, 0.25) is 0 Å². The SMILES string of the molecule is C=CCCc1cc2c(c(F)c1F)-c1c(cc(CCC3CCC(C)CC3)c(F)c1F)C2. The predicted octanol–water partition coefficient (Wildman–Crippen LogP) is 7.69. The highest BCUT2D eigenvalue weighted by Gasteiger charge is 2.32. The molecule has 0 aliphatic heterocycles. The van der Waals surface area contributed by atoms with E-state index in [4.69, 9.17) is 0 Å². The van der Waals surface area contributed by atoms with Crippen molar-refractivity contribution in [3.05, 3.63) is 70.3 Å². The van der Waals surface area contributed by atoms with Gasteiger partial charge in [0.25, 0.3) is 0 Å². The predicted molar refractivity (Wildman–Crippen MR) is 112 cm³/mol. The molecule has 0 radical (unpaired) electrons. The van der Waals surface area contributed by atoms with Gasteiger partial charge in [-0.3, -0.25) is 0 Å². The van der Waals surface area contributed by atoms with Gasteiger partial charge in [0.05, 0.1) is 0 Å². The van der Waals surface area contributed by atoms with Crippen molar-refractivity contribution in [1.82, 2.24) is 0 Å². The van der Waals surface area contributed by atoms with Crippen molar-refractivity contribution < 1.29 is 17.6 Å². The van der Waals surface area contributed by atoms with Crippen molar-refractivity contribution in [2.75, 3.05) is 0 Å². The van der Waals surface area contributed by atoms with Crippen molar-refractivity contribution in [3.63, 3.8) is 0 Å². The van der Waals surface area contributed by atoms with Crippen LogP contribution in [0.25, 0.3) is 11.1 Å². The lowest BCUT2D eigenvalue weighted by molar-refractivity contribution is 0.277. The maximum absolute atomic E-state index is 15.0. The highest BCUT2D eigenvalue weighted by molar-refractivity contribution is 5.79. The topological polar surface area (TPSA) is 0 Å². The molecule has 30 heavy (non-hydrogen) atoms. The number of aryl methyl sites for hydroxylation is 2. The molecule has 2 aliphatic carbocycles. The molecule has 2 aromatic rings. The van der Waals surface area contributed by atoms with Crippen LogP contribution in [0.5, 0.6) is 0 Å². The summed E-state index contributed by atoms with van der Waals surface area (Å²) in [5.41, 5.74) is 1.46. The Morgan fingerprint density at radius 3 is 1.90 bits per heavy atom. The van der Waals surface area contributed by atoms with Crippen LogP contribution in [0.1, 0.15) is 67.7 Å². The van der Waals surface area contributed by atoms with E-state index in [0.29, 0.717) is 48.3 Å². The number of allylic oxidation sites excluding steroid dienone is 1. The van der Waals surface area contributed by atoms with Crippen molar-refractivity contribution in [2.24, 2.45) is 11.8 Å². The van der Waals surface area contributed by atoms with Gasteiger partial charge < -0.3 is 0 Å². The smallest absolute Gasteiger partial charge is 0.167 e. The molecule has 0 spiro atoms. The summed E-state index contributed by atoms with van der Waals surface area (Å²) in [5.74, 6) is -2.71. The second-order valence-electron chi connectivity index (χ2n) is 9.06. The summed E-state index contributed by atoms with van der Waals surface area (Å²) < 4.78 is 59.2. The highest BCUT2D eigenvalue weighted by atomic mass is 19.2. The number of benzene rings is 2. The molecule has 0 N–H and O–H groups in total. The van der Waals surface area contributed by atoms with Crippen LogP contribution in [0, 0.1) is 35.1 Å². The lowest BCUT2D eigenvalue weighted by Crippen LogP contribution is -2.13. The molecule has 0 heterocycles. The summed E-state index contributed by atoms with van der Waals surface area (Å²) in [5, 5.41) is 0. The summed E-state index contributed by atoms with van der Waals surface area (Å²) in [4.78, 5) is 0. The van der Waals surface area contributed by atoms with Crippen LogP contribution in [-0.4, -0.2) is 0 Å². The number of hydrogen-bond donors (Lipinski definition) is 0. The van der Waals surface area contributed by atoms with Crippen LogP contribution >= 0.6 is 0 Å². The quantitative estimate of drug-likeness (QED) is 0.285. The van der Waals surface area contributed by atoms with Gasteiger partial charge in [0.1, 0.15) is 0 Å². The largest absolute Gasteiger partial charge is 0.203 e. The van der Waals surface area contributed by atoms with Crippen LogP contribution in [0.2, 0.25) is 0 Å². The molecule has 0 bridgehead atoms. The number of rotatable bonds is 6. The van der Waals surface area contributed by atoms with E-state index < -0.39 is 23.3 Å². The average molecular weight is 417 g/mol. The summed E-state index contributed by atoms with van der Waals surface area (Å²) >= 11 is 0.